The summed E-state index contributed by atoms with van der Waals surface area (Å²) < 4.78 is 10.9. The third-order valence-corrected chi connectivity index (χ3v) is 4.54. The summed E-state index contributed by atoms with van der Waals surface area (Å²) in [6, 6.07) is 24.9. The molecule has 0 aliphatic rings. The van der Waals surface area contributed by atoms with Crippen LogP contribution in [0.3, 0.4) is 0 Å². The molecule has 0 bridgehead atoms. The first kappa shape index (κ1) is 19.4. The minimum Gasteiger partial charge on any atom is -0.484 e. The van der Waals surface area contributed by atoms with E-state index in [9.17, 15) is 4.79 Å². The van der Waals surface area contributed by atoms with Crippen LogP contribution in [0.4, 0.5) is 0 Å². The topological polar surface area (TPSA) is 77.2 Å². The van der Waals surface area contributed by atoms with Crippen molar-refractivity contribution in [3.63, 3.8) is 0 Å². The summed E-state index contributed by atoms with van der Waals surface area (Å²) in [4.78, 5) is 16.4. The number of amides is 1. The number of ether oxygens (including phenoxy) is 1. The highest BCUT2D eigenvalue weighted by Gasteiger charge is 2.11. The van der Waals surface area contributed by atoms with Crippen molar-refractivity contribution < 1.29 is 14.1 Å². The molecular formula is C24H21N3O3. The first-order valence-electron chi connectivity index (χ1n) is 9.62. The van der Waals surface area contributed by atoms with Gasteiger partial charge in [0.2, 0.25) is 5.82 Å². The maximum atomic E-state index is 12.0. The smallest absolute Gasteiger partial charge is 0.258 e. The standard InChI is InChI=1S/C24H21N3O3/c1-17-7-9-19(10-8-17)23-26-24(30-27-23)20-11-13-21(14-12-20)29-16-22(28)25-15-18-5-3-2-4-6-18/h2-14H,15-16H2,1H3,(H,25,28). The molecule has 0 unspecified atom stereocenters. The number of rotatable bonds is 7. The molecule has 30 heavy (non-hydrogen) atoms. The Hall–Kier alpha value is -3.93. The van der Waals surface area contributed by atoms with E-state index in [0.29, 0.717) is 24.0 Å². The number of aromatic nitrogens is 2. The van der Waals surface area contributed by atoms with Crippen molar-refractivity contribution in [2.75, 3.05) is 6.61 Å². The van der Waals surface area contributed by atoms with E-state index in [4.69, 9.17) is 9.26 Å². The van der Waals surface area contributed by atoms with Crippen LogP contribution >= 0.6 is 0 Å². The van der Waals surface area contributed by atoms with Gasteiger partial charge in [0.1, 0.15) is 5.75 Å². The van der Waals surface area contributed by atoms with Crippen LogP contribution in [0.25, 0.3) is 22.8 Å². The van der Waals surface area contributed by atoms with Crippen LogP contribution in [0, 0.1) is 6.92 Å². The van der Waals surface area contributed by atoms with E-state index in [2.05, 4.69) is 15.5 Å². The van der Waals surface area contributed by atoms with E-state index in [1.807, 2.05) is 73.7 Å². The van der Waals surface area contributed by atoms with E-state index in [1.54, 1.807) is 12.1 Å². The molecule has 0 radical (unpaired) electrons. The molecule has 1 aromatic heterocycles. The van der Waals surface area contributed by atoms with Gasteiger partial charge < -0.3 is 14.6 Å². The number of nitrogens with one attached hydrogen (secondary N) is 1. The molecule has 150 valence electrons. The highest BCUT2D eigenvalue weighted by atomic mass is 16.5. The number of hydrogen-bond donors (Lipinski definition) is 1. The fraction of sp³-hybridized carbons (Fsp3) is 0.125. The predicted octanol–water partition coefficient (Wildman–Crippen LogP) is 4.41. The number of aryl methyl sites for hydroxylation is 1. The second-order valence-electron chi connectivity index (χ2n) is 6.86. The van der Waals surface area contributed by atoms with E-state index in [1.165, 1.54) is 5.56 Å². The Morgan fingerprint density at radius 3 is 2.37 bits per heavy atom. The molecule has 0 aliphatic heterocycles. The van der Waals surface area contributed by atoms with Crippen LogP contribution in [0.1, 0.15) is 11.1 Å². The Kier molecular flexibility index (Phi) is 5.85. The highest BCUT2D eigenvalue weighted by Crippen LogP contribution is 2.24. The molecule has 1 N–H and O–H groups in total. The molecule has 3 aromatic carbocycles. The number of benzene rings is 3. The maximum absolute atomic E-state index is 12.0. The average Bonchev–Trinajstić information content (AvgIpc) is 3.28. The molecule has 0 fully saturated rings. The zero-order valence-corrected chi connectivity index (χ0v) is 16.5. The summed E-state index contributed by atoms with van der Waals surface area (Å²) >= 11 is 0. The zero-order chi connectivity index (χ0) is 20.8. The Morgan fingerprint density at radius 1 is 0.933 bits per heavy atom. The Balaban J connectivity index is 1.32. The third kappa shape index (κ3) is 4.91. The molecular weight excluding hydrogens is 378 g/mol. The zero-order valence-electron chi connectivity index (χ0n) is 16.5. The van der Waals surface area contributed by atoms with Gasteiger partial charge in [0.25, 0.3) is 11.8 Å². The van der Waals surface area contributed by atoms with Crippen LogP contribution in [0.2, 0.25) is 0 Å². The van der Waals surface area contributed by atoms with Crippen LogP contribution in [-0.4, -0.2) is 22.7 Å². The van der Waals surface area contributed by atoms with Gasteiger partial charge in [0.15, 0.2) is 6.61 Å². The number of carbonyl (C=O) groups excluding carboxylic acids is 1. The monoisotopic (exact) mass is 399 g/mol. The molecule has 1 amide bonds. The van der Waals surface area contributed by atoms with Crippen molar-refractivity contribution in [2.45, 2.75) is 13.5 Å². The lowest BCUT2D eigenvalue weighted by Crippen LogP contribution is -2.28. The minimum absolute atomic E-state index is 0.0513. The Bertz CT molecular complexity index is 1100. The SMILES string of the molecule is Cc1ccc(-c2noc(-c3ccc(OCC(=O)NCc4ccccc4)cc3)n2)cc1. The summed E-state index contributed by atoms with van der Waals surface area (Å²) in [6.45, 7) is 2.45. The molecule has 1 heterocycles. The molecule has 4 rings (SSSR count). The molecule has 0 spiro atoms. The van der Waals surface area contributed by atoms with Crippen molar-refractivity contribution in [2.24, 2.45) is 0 Å². The molecule has 6 heteroatoms. The third-order valence-electron chi connectivity index (χ3n) is 4.54. The minimum atomic E-state index is -0.178. The van der Waals surface area contributed by atoms with Crippen LogP contribution < -0.4 is 10.1 Å². The Labute approximate surface area is 174 Å². The fourth-order valence-corrected chi connectivity index (χ4v) is 2.85. The second kappa shape index (κ2) is 9.05. The van der Waals surface area contributed by atoms with Crippen molar-refractivity contribution in [1.29, 1.82) is 0 Å². The van der Waals surface area contributed by atoms with E-state index in [-0.39, 0.29) is 12.5 Å². The fourth-order valence-electron chi connectivity index (χ4n) is 2.85. The molecule has 0 saturated heterocycles. The van der Waals surface area contributed by atoms with E-state index in [0.717, 1.165) is 16.7 Å². The summed E-state index contributed by atoms with van der Waals surface area (Å²) in [7, 11) is 0. The second-order valence-corrected chi connectivity index (χ2v) is 6.86. The maximum Gasteiger partial charge on any atom is 0.258 e. The number of carbonyl (C=O) groups is 1. The van der Waals surface area contributed by atoms with Gasteiger partial charge in [-0.25, -0.2) is 0 Å². The van der Waals surface area contributed by atoms with Gasteiger partial charge in [-0.05, 0) is 36.8 Å². The van der Waals surface area contributed by atoms with Crippen molar-refractivity contribution in [1.82, 2.24) is 15.5 Å². The highest BCUT2D eigenvalue weighted by molar-refractivity contribution is 5.77. The summed E-state index contributed by atoms with van der Waals surface area (Å²) in [5.41, 5.74) is 3.89. The lowest BCUT2D eigenvalue weighted by molar-refractivity contribution is -0.123. The van der Waals surface area contributed by atoms with Gasteiger partial charge in [-0.15, -0.1) is 0 Å². The number of nitrogens with zero attached hydrogens (tertiary/aromatic N) is 2. The predicted molar refractivity (Wildman–Crippen MR) is 114 cm³/mol. The van der Waals surface area contributed by atoms with Crippen molar-refractivity contribution >= 4 is 5.91 Å². The van der Waals surface area contributed by atoms with Crippen LogP contribution in [-0.2, 0) is 11.3 Å². The number of hydrogen-bond acceptors (Lipinski definition) is 5. The summed E-state index contributed by atoms with van der Waals surface area (Å²) in [5.74, 6) is 1.38. The first-order chi connectivity index (χ1) is 14.7. The van der Waals surface area contributed by atoms with Gasteiger partial charge in [0.05, 0.1) is 0 Å². The summed E-state index contributed by atoms with van der Waals surface area (Å²) in [6.07, 6.45) is 0. The van der Waals surface area contributed by atoms with E-state index >= 15 is 0 Å². The molecule has 6 nitrogen and oxygen atoms in total. The van der Waals surface area contributed by atoms with E-state index < -0.39 is 0 Å². The Morgan fingerprint density at radius 2 is 1.63 bits per heavy atom. The van der Waals surface area contributed by atoms with Crippen molar-refractivity contribution in [3.8, 4) is 28.6 Å². The summed E-state index contributed by atoms with van der Waals surface area (Å²) in [5, 5.41) is 6.88. The molecule has 0 aliphatic carbocycles. The van der Waals surface area contributed by atoms with Gasteiger partial charge in [0, 0.05) is 17.7 Å². The molecule has 4 aromatic rings. The average molecular weight is 399 g/mol. The lowest BCUT2D eigenvalue weighted by atomic mass is 10.1. The quantitative estimate of drug-likeness (QED) is 0.498. The first-order valence-corrected chi connectivity index (χ1v) is 9.62. The molecule has 0 saturated carbocycles. The van der Waals surface area contributed by atoms with Gasteiger partial charge in [-0.2, -0.15) is 4.98 Å². The largest absolute Gasteiger partial charge is 0.484 e. The van der Waals surface area contributed by atoms with Gasteiger partial charge in [-0.3, -0.25) is 4.79 Å². The normalized spacial score (nSPS) is 10.6. The van der Waals surface area contributed by atoms with Crippen LogP contribution in [0.5, 0.6) is 5.75 Å². The van der Waals surface area contributed by atoms with Crippen LogP contribution in [0.15, 0.2) is 83.4 Å². The van der Waals surface area contributed by atoms with Crippen molar-refractivity contribution in [3.05, 3.63) is 90.0 Å². The molecule has 0 atom stereocenters. The van der Waals surface area contributed by atoms with Gasteiger partial charge in [-0.1, -0.05) is 65.3 Å². The lowest BCUT2D eigenvalue weighted by Gasteiger charge is -2.08. The van der Waals surface area contributed by atoms with Gasteiger partial charge >= 0.3 is 0 Å².